The van der Waals surface area contributed by atoms with E-state index >= 15 is 0 Å². The van der Waals surface area contributed by atoms with Crippen molar-refractivity contribution in [1.82, 2.24) is 0 Å². The number of hydrogen-bond acceptors (Lipinski definition) is 1. The number of benzene rings is 1. The lowest BCUT2D eigenvalue weighted by molar-refractivity contribution is 0.411. The molecule has 0 heterocycles. The average molecular weight is 304 g/mol. The molecule has 1 aromatic rings. The molecule has 2 atom stereocenters. The summed E-state index contributed by atoms with van der Waals surface area (Å²) in [6.07, 6.45) is 5.07. The Morgan fingerprint density at radius 2 is 2.19 bits per heavy atom. The van der Waals surface area contributed by atoms with E-state index in [4.69, 9.17) is 16.3 Å². The second-order valence-electron chi connectivity index (χ2n) is 4.35. The third-order valence-corrected chi connectivity index (χ3v) is 4.40. The van der Waals surface area contributed by atoms with Crippen LogP contribution in [0.4, 0.5) is 0 Å². The minimum atomic E-state index is 0.643. The molecule has 1 saturated carbocycles. The van der Waals surface area contributed by atoms with Crippen LogP contribution in [0.1, 0.15) is 37.2 Å². The van der Waals surface area contributed by atoms with Crippen molar-refractivity contribution in [3.8, 4) is 5.75 Å². The van der Waals surface area contributed by atoms with Gasteiger partial charge in [0.25, 0.3) is 0 Å². The maximum Gasteiger partial charge on any atom is 0.137 e. The Balaban J connectivity index is 2.19. The Morgan fingerprint density at radius 3 is 2.88 bits per heavy atom. The normalized spacial score (nSPS) is 25.4. The fraction of sp³-hybridized carbons (Fsp3) is 0.538. The quantitative estimate of drug-likeness (QED) is 0.715. The van der Waals surface area contributed by atoms with Crippen molar-refractivity contribution in [3.05, 3.63) is 28.8 Å². The summed E-state index contributed by atoms with van der Waals surface area (Å²) in [5, 5.41) is 0.692. The van der Waals surface area contributed by atoms with Crippen molar-refractivity contribution in [2.45, 2.75) is 36.4 Å². The van der Waals surface area contributed by atoms with Crippen molar-refractivity contribution >= 4 is 27.5 Å². The number of hydrogen-bond donors (Lipinski definition) is 0. The Hall–Kier alpha value is -0.210. The first-order valence-corrected chi connectivity index (χ1v) is 6.97. The average Bonchev–Trinajstić information content (AvgIpc) is 2.29. The van der Waals surface area contributed by atoms with Gasteiger partial charge in [0.05, 0.1) is 12.1 Å². The third kappa shape index (κ3) is 2.72. The van der Waals surface area contributed by atoms with Crippen LogP contribution in [0.2, 0.25) is 5.02 Å². The predicted molar refractivity (Wildman–Crippen MR) is 71.9 cm³/mol. The highest BCUT2D eigenvalue weighted by Crippen LogP contribution is 2.38. The van der Waals surface area contributed by atoms with Crippen molar-refractivity contribution in [2.75, 3.05) is 7.11 Å². The molecule has 16 heavy (non-hydrogen) atoms. The van der Waals surface area contributed by atoms with Crippen LogP contribution in [0.25, 0.3) is 0 Å². The van der Waals surface area contributed by atoms with Gasteiger partial charge in [-0.3, -0.25) is 0 Å². The van der Waals surface area contributed by atoms with Gasteiger partial charge in [-0.2, -0.15) is 0 Å². The molecule has 2 unspecified atom stereocenters. The van der Waals surface area contributed by atoms with Gasteiger partial charge in [-0.15, -0.1) is 0 Å². The van der Waals surface area contributed by atoms with E-state index in [0.717, 1.165) is 5.75 Å². The topological polar surface area (TPSA) is 9.23 Å². The smallest absolute Gasteiger partial charge is 0.137 e. The van der Waals surface area contributed by atoms with Crippen LogP contribution in [-0.2, 0) is 0 Å². The fourth-order valence-corrected chi connectivity index (χ4v) is 3.33. The molecule has 0 bridgehead atoms. The van der Waals surface area contributed by atoms with Crippen molar-refractivity contribution < 1.29 is 4.74 Å². The van der Waals surface area contributed by atoms with Crippen LogP contribution in [0.15, 0.2) is 18.2 Å². The van der Waals surface area contributed by atoms with Gasteiger partial charge in [-0.1, -0.05) is 40.0 Å². The second kappa shape index (κ2) is 5.42. The van der Waals surface area contributed by atoms with E-state index in [1.165, 1.54) is 31.2 Å². The molecule has 0 amide bonds. The lowest BCUT2D eigenvalue weighted by atomic mass is 9.84. The molecule has 3 heteroatoms. The number of rotatable bonds is 2. The van der Waals surface area contributed by atoms with E-state index in [1.54, 1.807) is 7.11 Å². The number of alkyl halides is 1. The molecule has 0 N–H and O–H groups in total. The molecular weight excluding hydrogens is 287 g/mol. The summed E-state index contributed by atoms with van der Waals surface area (Å²) in [6, 6.07) is 6.15. The minimum Gasteiger partial charge on any atom is -0.495 e. The molecule has 2 rings (SSSR count). The first-order valence-electron chi connectivity index (χ1n) is 5.68. The standard InChI is InChI=1S/C13H16BrClO/c1-16-13-8-10(5-6-12(13)15)9-3-2-4-11(14)7-9/h5-6,8-9,11H,2-4,7H2,1H3. The van der Waals surface area contributed by atoms with Gasteiger partial charge >= 0.3 is 0 Å². The van der Waals surface area contributed by atoms with E-state index in [2.05, 4.69) is 28.1 Å². The van der Waals surface area contributed by atoms with E-state index < -0.39 is 0 Å². The molecule has 88 valence electrons. The summed E-state index contributed by atoms with van der Waals surface area (Å²) in [5.41, 5.74) is 1.35. The zero-order valence-corrected chi connectivity index (χ0v) is 11.7. The summed E-state index contributed by atoms with van der Waals surface area (Å²) in [6.45, 7) is 0. The lowest BCUT2D eigenvalue weighted by Gasteiger charge is -2.26. The van der Waals surface area contributed by atoms with Gasteiger partial charge in [-0.05, 0) is 42.9 Å². The van der Waals surface area contributed by atoms with Crippen LogP contribution in [0.5, 0.6) is 5.75 Å². The summed E-state index contributed by atoms with van der Waals surface area (Å²) in [5.74, 6) is 1.43. The second-order valence-corrected chi connectivity index (χ2v) is 6.06. The van der Waals surface area contributed by atoms with Crippen LogP contribution in [0, 0.1) is 0 Å². The highest BCUT2D eigenvalue weighted by Gasteiger charge is 2.21. The molecule has 1 aromatic carbocycles. The third-order valence-electron chi connectivity index (χ3n) is 3.26. The molecule has 1 fully saturated rings. The maximum atomic E-state index is 6.03. The van der Waals surface area contributed by atoms with E-state index in [9.17, 15) is 0 Å². The van der Waals surface area contributed by atoms with Crippen molar-refractivity contribution in [1.29, 1.82) is 0 Å². The van der Waals surface area contributed by atoms with Gasteiger partial charge in [0.2, 0.25) is 0 Å². The number of ether oxygens (including phenoxy) is 1. The molecule has 1 nitrogen and oxygen atoms in total. The van der Waals surface area contributed by atoms with Crippen molar-refractivity contribution in [3.63, 3.8) is 0 Å². The molecule has 1 aliphatic carbocycles. The van der Waals surface area contributed by atoms with Gasteiger partial charge in [0.1, 0.15) is 5.75 Å². The lowest BCUT2D eigenvalue weighted by Crippen LogP contribution is -2.13. The zero-order chi connectivity index (χ0) is 11.5. The van der Waals surface area contributed by atoms with Gasteiger partial charge < -0.3 is 4.74 Å². The Kier molecular flexibility index (Phi) is 4.15. The summed E-state index contributed by atoms with van der Waals surface area (Å²) in [7, 11) is 1.67. The largest absolute Gasteiger partial charge is 0.495 e. The zero-order valence-electron chi connectivity index (χ0n) is 9.38. The van der Waals surface area contributed by atoms with E-state index in [1.807, 2.05) is 6.07 Å². The molecule has 0 aromatic heterocycles. The maximum absolute atomic E-state index is 6.03. The fourth-order valence-electron chi connectivity index (χ4n) is 2.36. The molecule has 0 radical (unpaired) electrons. The Labute approximate surface area is 110 Å². The van der Waals surface area contributed by atoms with Crippen LogP contribution in [0.3, 0.4) is 0 Å². The number of methoxy groups -OCH3 is 1. The highest BCUT2D eigenvalue weighted by atomic mass is 79.9. The SMILES string of the molecule is COc1cc(C2CCCC(Br)C2)ccc1Cl. The predicted octanol–water partition coefficient (Wildman–Crippen LogP) is 4.77. The first kappa shape index (κ1) is 12.3. The molecule has 0 spiro atoms. The molecule has 0 saturated heterocycles. The summed E-state index contributed by atoms with van der Waals surface area (Å²) < 4.78 is 5.26. The van der Waals surface area contributed by atoms with E-state index in [0.29, 0.717) is 15.8 Å². The molecule has 0 aliphatic heterocycles. The summed E-state index contributed by atoms with van der Waals surface area (Å²) in [4.78, 5) is 0.660. The van der Waals surface area contributed by atoms with Crippen LogP contribution >= 0.6 is 27.5 Å². The molecular formula is C13H16BrClO. The van der Waals surface area contributed by atoms with Crippen LogP contribution in [-0.4, -0.2) is 11.9 Å². The highest BCUT2D eigenvalue weighted by molar-refractivity contribution is 9.09. The first-order chi connectivity index (χ1) is 7.70. The Bertz CT molecular complexity index is 367. The van der Waals surface area contributed by atoms with Crippen molar-refractivity contribution in [2.24, 2.45) is 0 Å². The van der Waals surface area contributed by atoms with Gasteiger partial charge in [-0.25, -0.2) is 0 Å². The van der Waals surface area contributed by atoms with Gasteiger partial charge in [0.15, 0.2) is 0 Å². The number of halogens is 2. The summed E-state index contributed by atoms with van der Waals surface area (Å²) >= 11 is 9.75. The van der Waals surface area contributed by atoms with Crippen LogP contribution < -0.4 is 4.74 Å². The minimum absolute atomic E-state index is 0.643. The molecule has 1 aliphatic rings. The van der Waals surface area contributed by atoms with E-state index in [-0.39, 0.29) is 0 Å². The van der Waals surface area contributed by atoms with Gasteiger partial charge in [0, 0.05) is 4.83 Å². The monoisotopic (exact) mass is 302 g/mol. The Morgan fingerprint density at radius 1 is 1.38 bits per heavy atom.